The molecule has 2 aliphatic heterocycles. The van der Waals surface area contributed by atoms with Gasteiger partial charge in [-0.3, -0.25) is 24.0 Å². The fourth-order valence-electron chi connectivity index (χ4n) is 8.55. The number of nitrogens with zero attached hydrogens (tertiary/aromatic N) is 5. The molecule has 5 N–H and O–H groups in total. The zero-order valence-electron chi connectivity index (χ0n) is 34.0. The standard InChI is InChI=1S/C42H56N8O8/c1-40(2,3)58-39(56)48-19-17-42(18-20-48,34(51)35(43)52)46-37(54)32-23-30(50-33(24-44-47-50)41(4,5)57)25-49(32)38(55)31(21-26-11-7-6-8-12-26)45-36(53)29-16-15-27-13-9-10-14-28(27)22-29/h9-10,13-16,22,24,26,30-32,57H,6-8,11-12,17-21,23,25H2,1-5H3,(H2,43,52)(H,45,53)(H,46,54)/t30-,31+,32-/m0/s1. The van der Waals surface area contributed by atoms with Crippen LogP contribution >= 0.6 is 0 Å². The zero-order valence-corrected chi connectivity index (χ0v) is 34.0. The van der Waals surface area contributed by atoms with Crippen LogP contribution in [0.3, 0.4) is 0 Å². The Morgan fingerprint density at radius 1 is 0.966 bits per heavy atom. The van der Waals surface area contributed by atoms with E-state index in [2.05, 4.69) is 20.9 Å². The predicted molar refractivity (Wildman–Crippen MR) is 213 cm³/mol. The predicted octanol–water partition coefficient (Wildman–Crippen LogP) is 3.51. The van der Waals surface area contributed by atoms with Crippen molar-refractivity contribution in [2.45, 2.75) is 127 Å². The highest BCUT2D eigenvalue weighted by atomic mass is 16.6. The van der Waals surface area contributed by atoms with Crippen LogP contribution < -0.4 is 16.4 Å². The Hall–Kier alpha value is -5.38. The molecule has 5 amide bonds. The summed E-state index contributed by atoms with van der Waals surface area (Å²) in [6.07, 6.45) is 5.86. The molecule has 16 heteroatoms. The number of hydrogen-bond acceptors (Lipinski definition) is 10. The Balaban J connectivity index is 1.31. The second-order valence-electron chi connectivity index (χ2n) is 17.6. The van der Waals surface area contributed by atoms with Gasteiger partial charge in [0.15, 0.2) is 0 Å². The average Bonchev–Trinajstić information content (AvgIpc) is 3.86. The van der Waals surface area contributed by atoms with Gasteiger partial charge in [-0.2, -0.15) is 0 Å². The lowest BCUT2D eigenvalue weighted by atomic mass is 9.82. The number of benzene rings is 2. The van der Waals surface area contributed by atoms with Gasteiger partial charge in [-0.15, -0.1) is 5.10 Å². The molecule has 3 aliphatic rings. The van der Waals surface area contributed by atoms with E-state index in [9.17, 15) is 33.9 Å². The lowest BCUT2D eigenvalue weighted by Crippen LogP contribution is -2.65. The summed E-state index contributed by atoms with van der Waals surface area (Å²) in [5.41, 5.74) is 2.40. The van der Waals surface area contributed by atoms with Gasteiger partial charge in [0.2, 0.25) is 17.6 Å². The van der Waals surface area contributed by atoms with Gasteiger partial charge in [-0.05, 0) is 82.7 Å². The van der Waals surface area contributed by atoms with Crippen LogP contribution in [0.2, 0.25) is 0 Å². The van der Waals surface area contributed by atoms with Gasteiger partial charge >= 0.3 is 6.09 Å². The Bertz CT molecular complexity index is 2040. The Kier molecular flexibility index (Phi) is 12.3. The number of carbonyl (C=O) groups excluding carboxylic acids is 6. The summed E-state index contributed by atoms with van der Waals surface area (Å²) in [5, 5.41) is 26.9. The van der Waals surface area contributed by atoms with Crippen molar-refractivity contribution in [1.29, 1.82) is 0 Å². The number of fused-ring (bicyclic) bond motifs is 1. The first-order chi connectivity index (χ1) is 27.3. The van der Waals surface area contributed by atoms with E-state index < -0.39 is 70.4 Å². The maximum Gasteiger partial charge on any atom is 0.410 e. The van der Waals surface area contributed by atoms with Crippen molar-refractivity contribution >= 4 is 46.3 Å². The number of aliphatic hydroxyl groups is 1. The highest BCUT2D eigenvalue weighted by Gasteiger charge is 2.50. The Labute approximate surface area is 338 Å². The highest BCUT2D eigenvalue weighted by Crippen LogP contribution is 2.35. The van der Waals surface area contributed by atoms with Crippen LogP contribution in [0.4, 0.5) is 4.79 Å². The number of Topliss-reactive ketones (excluding diaryl/α,β-unsaturated/α-hetero) is 1. The van der Waals surface area contributed by atoms with Crippen LogP contribution in [-0.2, 0) is 29.5 Å². The SMILES string of the molecule is CC(C)(C)OC(=O)N1CCC(NC(=O)[C@@H]2C[C@H](n3nncc3C(C)(C)O)CN2C(=O)[C@@H](CC2CCCCC2)NC(=O)c2ccc3ccccc3c2)(C(=O)C(N)=O)CC1. The van der Waals surface area contributed by atoms with E-state index >= 15 is 0 Å². The van der Waals surface area contributed by atoms with Crippen molar-refractivity contribution in [1.82, 2.24) is 35.4 Å². The van der Waals surface area contributed by atoms with E-state index in [1.165, 1.54) is 20.7 Å². The van der Waals surface area contributed by atoms with Crippen molar-refractivity contribution in [3.05, 3.63) is 59.9 Å². The van der Waals surface area contributed by atoms with Gasteiger partial charge in [0.05, 0.1) is 17.9 Å². The largest absolute Gasteiger partial charge is 0.444 e. The van der Waals surface area contributed by atoms with Crippen molar-refractivity contribution in [2.24, 2.45) is 11.7 Å². The molecule has 3 heterocycles. The summed E-state index contributed by atoms with van der Waals surface area (Å²) in [6, 6.07) is 10.2. The van der Waals surface area contributed by atoms with Crippen LogP contribution in [0.5, 0.6) is 0 Å². The molecule has 2 aromatic carbocycles. The highest BCUT2D eigenvalue weighted by molar-refractivity contribution is 6.39. The first kappa shape index (κ1) is 42.2. The third-order valence-corrected chi connectivity index (χ3v) is 11.6. The van der Waals surface area contributed by atoms with Crippen LogP contribution in [0.15, 0.2) is 48.7 Å². The molecule has 1 aromatic heterocycles. The van der Waals surface area contributed by atoms with E-state index in [-0.39, 0.29) is 44.8 Å². The topological polar surface area (TPSA) is 219 Å². The molecule has 1 saturated carbocycles. The van der Waals surface area contributed by atoms with E-state index in [0.29, 0.717) is 17.7 Å². The molecule has 0 unspecified atom stereocenters. The summed E-state index contributed by atoms with van der Waals surface area (Å²) < 4.78 is 7.01. The molecular weight excluding hydrogens is 745 g/mol. The number of rotatable bonds is 11. The second kappa shape index (κ2) is 16.8. The van der Waals surface area contributed by atoms with Crippen LogP contribution in [0.1, 0.15) is 114 Å². The number of amides is 5. The number of ketones is 1. The minimum absolute atomic E-state index is 0.0116. The zero-order chi connectivity index (χ0) is 42.0. The number of nitrogens with one attached hydrogen (secondary N) is 2. The van der Waals surface area contributed by atoms with Gasteiger partial charge in [0.1, 0.15) is 28.8 Å². The van der Waals surface area contributed by atoms with Gasteiger partial charge in [0, 0.05) is 31.6 Å². The van der Waals surface area contributed by atoms with Crippen molar-refractivity contribution in [3.8, 4) is 0 Å². The summed E-state index contributed by atoms with van der Waals surface area (Å²) in [4.78, 5) is 85.3. The maximum atomic E-state index is 15.0. The Morgan fingerprint density at radius 3 is 2.28 bits per heavy atom. The third-order valence-electron chi connectivity index (χ3n) is 11.6. The monoisotopic (exact) mass is 800 g/mol. The number of nitrogens with two attached hydrogens (primary N) is 1. The fraction of sp³-hybridized carbons (Fsp3) is 0.571. The summed E-state index contributed by atoms with van der Waals surface area (Å²) >= 11 is 0. The smallest absolute Gasteiger partial charge is 0.410 e. The first-order valence-electron chi connectivity index (χ1n) is 20.2. The number of aromatic nitrogens is 3. The minimum atomic E-state index is -1.76. The molecule has 0 radical (unpaired) electrons. The average molecular weight is 801 g/mol. The van der Waals surface area contributed by atoms with Gasteiger partial charge in [-0.25, -0.2) is 9.48 Å². The molecule has 58 heavy (non-hydrogen) atoms. The number of likely N-dealkylation sites (tertiary alicyclic amines) is 2. The van der Waals surface area contributed by atoms with Crippen molar-refractivity contribution < 1.29 is 38.6 Å². The summed E-state index contributed by atoms with van der Waals surface area (Å²) in [6.45, 7) is 8.30. The number of piperidine rings is 1. The molecular formula is C42H56N8O8. The molecule has 1 aliphatic carbocycles. The number of primary amides is 1. The Morgan fingerprint density at radius 2 is 1.64 bits per heavy atom. The lowest BCUT2D eigenvalue weighted by molar-refractivity contribution is -0.146. The van der Waals surface area contributed by atoms with E-state index in [1.807, 2.05) is 30.3 Å². The molecule has 0 bridgehead atoms. The van der Waals surface area contributed by atoms with Gasteiger partial charge in [0.25, 0.3) is 11.8 Å². The van der Waals surface area contributed by atoms with Crippen molar-refractivity contribution in [3.63, 3.8) is 0 Å². The molecule has 6 rings (SSSR count). The lowest BCUT2D eigenvalue weighted by Gasteiger charge is -2.41. The number of carbonyl (C=O) groups is 6. The molecule has 3 fully saturated rings. The molecule has 16 nitrogen and oxygen atoms in total. The molecule has 3 atom stereocenters. The minimum Gasteiger partial charge on any atom is -0.444 e. The quantitative estimate of drug-likeness (QED) is 0.207. The molecule has 312 valence electrons. The van der Waals surface area contributed by atoms with Crippen LogP contribution in [0.25, 0.3) is 10.8 Å². The van der Waals surface area contributed by atoms with E-state index in [0.717, 1.165) is 42.9 Å². The van der Waals surface area contributed by atoms with E-state index in [1.54, 1.807) is 46.8 Å². The van der Waals surface area contributed by atoms with E-state index in [4.69, 9.17) is 10.5 Å². The van der Waals surface area contributed by atoms with Crippen LogP contribution in [0, 0.1) is 5.92 Å². The molecule has 2 saturated heterocycles. The maximum absolute atomic E-state index is 15.0. The number of hydrogen-bond donors (Lipinski definition) is 4. The van der Waals surface area contributed by atoms with Crippen LogP contribution in [-0.4, -0.2) is 108 Å². The van der Waals surface area contributed by atoms with Gasteiger partial charge < -0.3 is 36.0 Å². The number of ether oxygens (including phenoxy) is 1. The second-order valence-corrected chi connectivity index (χ2v) is 17.6. The molecule has 0 spiro atoms. The third kappa shape index (κ3) is 9.49. The normalized spacial score (nSPS) is 20.7. The van der Waals surface area contributed by atoms with Gasteiger partial charge in [-0.1, -0.05) is 67.6 Å². The summed E-state index contributed by atoms with van der Waals surface area (Å²) in [7, 11) is 0. The fourth-order valence-corrected chi connectivity index (χ4v) is 8.55. The van der Waals surface area contributed by atoms with Crippen molar-refractivity contribution in [2.75, 3.05) is 19.6 Å². The summed E-state index contributed by atoms with van der Waals surface area (Å²) in [5.74, 6) is -3.73. The first-order valence-corrected chi connectivity index (χ1v) is 20.2. The molecule has 3 aromatic rings.